The van der Waals surface area contributed by atoms with Gasteiger partial charge in [-0.15, -0.1) is 0 Å². The molecule has 3 rings (SSSR count). The summed E-state index contributed by atoms with van der Waals surface area (Å²) in [7, 11) is 0. The number of para-hydroxylation sites is 1. The lowest BCUT2D eigenvalue weighted by Gasteiger charge is -2.22. The van der Waals surface area contributed by atoms with E-state index in [-0.39, 0.29) is 35.3 Å². The summed E-state index contributed by atoms with van der Waals surface area (Å²) < 4.78 is 5.58. The molecule has 0 atom stereocenters. The van der Waals surface area contributed by atoms with Crippen molar-refractivity contribution in [3.8, 4) is 17.2 Å². The van der Waals surface area contributed by atoms with Crippen LogP contribution in [0.4, 0.5) is 0 Å². The van der Waals surface area contributed by atoms with Gasteiger partial charge in [0.25, 0.3) is 5.91 Å². The Kier molecular flexibility index (Phi) is 6.37. The van der Waals surface area contributed by atoms with E-state index >= 15 is 0 Å². The smallest absolute Gasteiger partial charge is 0.254 e. The predicted octanol–water partition coefficient (Wildman–Crippen LogP) is 2.24. The monoisotopic (exact) mass is 384 g/mol. The number of rotatable bonds is 5. The highest BCUT2D eigenvalue weighted by atomic mass is 16.5. The highest BCUT2D eigenvalue weighted by Gasteiger charge is 2.23. The lowest BCUT2D eigenvalue weighted by atomic mass is 10.1. The fraction of sp³-hybridized carbons (Fsp3) is 0.333. The minimum atomic E-state index is -0.270. The Morgan fingerprint density at radius 2 is 1.54 bits per heavy atom. The first-order valence-corrected chi connectivity index (χ1v) is 9.31. The molecule has 1 heterocycles. The molecular formula is C21H24N2O5. The third-order valence-electron chi connectivity index (χ3n) is 4.61. The number of hydrogen-bond donors (Lipinski definition) is 2. The SMILES string of the molecule is O=C(CCOc1ccccc1)N1CCCN(C(=O)c2cc(O)cc(O)c2)CC1. The quantitative estimate of drug-likeness (QED) is 0.825. The van der Waals surface area contributed by atoms with E-state index in [0.29, 0.717) is 39.2 Å². The van der Waals surface area contributed by atoms with Gasteiger partial charge in [-0.05, 0) is 30.7 Å². The summed E-state index contributed by atoms with van der Waals surface area (Å²) >= 11 is 0. The number of ether oxygens (including phenoxy) is 1. The molecule has 148 valence electrons. The molecule has 1 aliphatic heterocycles. The second-order valence-electron chi connectivity index (χ2n) is 6.68. The number of benzene rings is 2. The number of hydrogen-bond acceptors (Lipinski definition) is 5. The Labute approximate surface area is 163 Å². The van der Waals surface area contributed by atoms with Crippen molar-refractivity contribution in [1.82, 2.24) is 9.80 Å². The molecule has 0 aliphatic carbocycles. The van der Waals surface area contributed by atoms with Crippen LogP contribution in [-0.4, -0.2) is 64.6 Å². The van der Waals surface area contributed by atoms with Crippen molar-refractivity contribution in [3.63, 3.8) is 0 Å². The van der Waals surface area contributed by atoms with E-state index in [1.807, 2.05) is 30.3 Å². The van der Waals surface area contributed by atoms with Crippen LogP contribution in [0, 0.1) is 0 Å². The minimum Gasteiger partial charge on any atom is -0.508 e. The van der Waals surface area contributed by atoms with Crippen LogP contribution in [0.25, 0.3) is 0 Å². The molecule has 28 heavy (non-hydrogen) atoms. The fourth-order valence-electron chi connectivity index (χ4n) is 3.20. The first-order valence-electron chi connectivity index (χ1n) is 9.31. The molecule has 1 aliphatic rings. The molecule has 2 amide bonds. The number of aromatic hydroxyl groups is 2. The first kappa shape index (κ1) is 19.5. The number of carbonyl (C=O) groups is 2. The van der Waals surface area contributed by atoms with E-state index in [4.69, 9.17) is 4.74 Å². The van der Waals surface area contributed by atoms with Crippen molar-refractivity contribution in [2.75, 3.05) is 32.8 Å². The van der Waals surface area contributed by atoms with Crippen LogP contribution in [-0.2, 0) is 4.79 Å². The first-order chi connectivity index (χ1) is 13.5. The molecular weight excluding hydrogens is 360 g/mol. The van der Waals surface area contributed by atoms with Crippen molar-refractivity contribution in [1.29, 1.82) is 0 Å². The molecule has 0 saturated carbocycles. The average molecular weight is 384 g/mol. The highest BCUT2D eigenvalue weighted by Crippen LogP contribution is 2.22. The Bertz CT molecular complexity index is 805. The van der Waals surface area contributed by atoms with Crippen LogP contribution in [0.1, 0.15) is 23.2 Å². The Morgan fingerprint density at radius 3 is 2.25 bits per heavy atom. The fourth-order valence-corrected chi connectivity index (χ4v) is 3.20. The van der Waals surface area contributed by atoms with Crippen LogP contribution < -0.4 is 4.74 Å². The van der Waals surface area contributed by atoms with Crippen LogP contribution >= 0.6 is 0 Å². The average Bonchev–Trinajstić information content (AvgIpc) is 2.94. The highest BCUT2D eigenvalue weighted by molar-refractivity contribution is 5.95. The molecule has 1 saturated heterocycles. The molecule has 7 heteroatoms. The van der Waals surface area contributed by atoms with E-state index < -0.39 is 0 Å². The van der Waals surface area contributed by atoms with Gasteiger partial charge in [0.1, 0.15) is 17.2 Å². The lowest BCUT2D eigenvalue weighted by Crippen LogP contribution is -2.37. The molecule has 0 unspecified atom stereocenters. The third-order valence-corrected chi connectivity index (χ3v) is 4.61. The minimum absolute atomic E-state index is 0.000213. The number of carbonyl (C=O) groups excluding carboxylic acids is 2. The number of nitrogens with zero attached hydrogens (tertiary/aromatic N) is 2. The van der Waals surface area contributed by atoms with E-state index in [0.717, 1.165) is 5.75 Å². The van der Waals surface area contributed by atoms with Crippen LogP contribution in [0.5, 0.6) is 17.2 Å². The van der Waals surface area contributed by atoms with Gasteiger partial charge < -0.3 is 24.7 Å². The third kappa shape index (κ3) is 5.16. The van der Waals surface area contributed by atoms with Gasteiger partial charge in [-0.3, -0.25) is 9.59 Å². The van der Waals surface area contributed by atoms with E-state index in [1.54, 1.807) is 9.80 Å². The summed E-state index contributed by atoms with van der Waals surface area (Å²) in [6.45, 7) is 2.25. The van der Waals surface area contributed by atoms with E-state index in [2.05, 4.69) is 0 Å². The largest absolute Gasteiger partial charge is 0.508 e. The van der Waals surface area contributed by atoms with E-state index in [9.17, 15) is 19.8 Å². The van der Waals surface area contributed by atoms with Gasteiger partial charge in [-0.2, -0.15) is 0 Å². The van der Waals surface area contributed by atoms with Crippen LogP contribution in [0.2, 0.25) is 0 Å². The van der Waals surface area contributed by atoms with Crippen LogP contribution in [0.15, 0.2) is 48.5 Å². The molecule has 0 aromatic heterocycles. The van der Waals surface area contributed by atoms with Crippen LogP contribution in [0.3, 0.4) is 0 Å². The normalized spacial score (nSPS) is 14.4. The predicted molar refractivity (Wildman–Crippen MR) is 103 cm³/mol. The molecule has 2 N–H and O–H groups in total. The van der Waals surface area contributed by atoms with Crippen molar-refractivity contribution in [2.45, 2.75) is 12.8 Å². The standard InChI is InChI=1S/C21H24N2O5/c24-17-13-16(14-18(25)15-17)21(27)23-9-4-8-22(10-11-23)20(26)7-12-28-19-5-2-1-3-6-19/h1-3,5-6,13-15,24-25H,4,7-12H2. The maximum Gasteiger partial charge on any atom is 0.254 e. The maximum atomic E-state index is 12.6. The Balaban J connectivity index is 1.51. The van der Waals surface area contributed by atoms with Gasteiger partial charge in [-0.1, -0.05) is 18.2 Å². The summed E-state index contributed by atoms with van der Waals surface area (Å²) in [5, 5.41) is 19.2. The van der Waals surface area contributed by atoms with Gasteiger partial charge in [-0.25, -0.2) is 0 Å². The Morgan fingerprint density at radius 1 is 0.893 bits per heavy atom. The second-order valence-corrected chi connectivity index (χ2v) is 6.68. The number of phenols is 2. The zero-order chi connectivity index (χ0) is 19.9. The van der Waals surface area contributed by atoms with Gasteiger partial charge in [0, 0.05) is 37.8 Å². The number of amides is 2. The van der Waals surface area contributed by atoms with Gasteiger partial charge in [0.05, 0.1) is 13.0 Å². The molecule has 0 spiro atoms. The molecule has 7 nitrogen and oxygen atoms in total. The summed E-state index contributed by atoms with van der Waals surface area (Å²) in [5.74, 6) is 0.146. The van der Waals surface area contributed by atoms with Crippen molar-refractivity contribution < 1.29 is 24.5 Å². The molecule has 0 bridgehead atoms. The van der Waals surface area contributed by atoms with Gasteiger partial charge in [0.15, 0.2) is 0 Å². The van der Waals surface area contributed by atoms with Gasteiger partial charge >= 0.3 is 0 Å². The van der Waals surface area contributed by atoms with E-state index in [1.165, 1.54) is 18.2 Å². The second kappa shape index (κ2) is 9.12. The molecule has 1 fully saturated rings. The van der Waals surface area contributed by atoms with Gasteiger partial charge in [0.2, 0.25) is 5.91 Å². The zero-order valence-electron chi connectivity index (χ0n) is 15.6. The van der Waals surface area contributed by atoms with Crippen molar-refractivity contribution in [2.24, 2.45) is 0 Å². The Hall–Kier alpha value is -3.22. The zero-order valence-corrected chi connectivity index (χ0v) is 15.6. The molecule has 0 radical (unpaired) electrons. The summed E-state index contributed by atoms with van der Waals surface area (Å²) in [5.41, 5.74) is 0.230. The summed E-state index contributed by atoms with van der Waals surface area (Å²) in [6.07, 6.45) is 0.949. The molecule has 2 aromatic carbocycles. The maximum absolute atomic E-state index is 12.6. The van der Waals surface area contributed by atoms with Crippen molar-refractivity contribution in [3.05, 3.63) is 54.1 Å². The van der Waals surface area contributed by atoms with Crippen molar-refractivity contribution >= 4 is 11.8 Å². The molecule has 2 aromatic rings. The lowest BCUT2D eigenvalue weighted by molar-refractivity contribution is -0.131. The summed E-state index contributed by atoms with van der Waals surface area (Å²) in [6, 6.07) is 13.2. The topological polar surface area (TPSA) is 90.3 Å². The summed E-state index contributed by atoms with van der Waals surface area (Å²) in [4.78, 5) is 28.5. The number of phenolic OH excluding ortho intramolecular Hbond substituents is 2.